The first kappa shape index (κ1) is 16.4. The number of ether oxygens (including phenoxy) is 1. The number of benzene rings is 1. The van der Waals surface area contributed by atoms with E-state index in [2.05, 4.69) is 10.6 Å². The van der Waals surface area contributed by atoms with Gasteiger partial charge in [0.05, 0.1) is 6.04 Å². The molecule has 112 valence electrons. The Morgan fingerprint density at radius 1 is 1.45 bits per heavy atom. The van der Waals surface area contributed by atoms with Crippen LogP contribution in [0.5, 0.6) is 5.75 Å². The maximum Gasteiger partial charge on any atom is 0.315 e. The van der Waals surface area contributed by atoms with Gasteiger partial charge in [0.1, 0.15) is 6.61 Å². The molecule has 2 N–H and O–H groups in total. The maximum absolute atomic E-state index is 13.3. The lowest BCUT2D eigenvalue weighted by Crippen LogP contribution is -2.44. The summed E-state index contributed by atoms with van der Waals surface area (Å²) in [4.78, 5) is 11.5. The number of urea groups is 1. The van der Waals surface area contributed by atoms with Gasteiger partial charge in [0.15, 0.2) is 11.6 Å². The molecule has 7 heteroatoms. The topological polar surface area (TPSA) is 67.4 Å². The van der Waals surface area contributed by atoms with E-state index in [9.17, 15) is 13.4 Å². The molecular weight excluding hydrogens is 283 g/mol. The molecule has 0 aromatic heterocycles. The van der Waals surface area contributed by atoms with Crippen LogP contribution in [0.4, 0.5) is 9.18 Å². The number of halogens is 1. The Kier molecular flexibility index (Phi) is 7.00. The van der Waals surface area contributed by atoms with Gasteiger partial charge in [0.25, 0.3) is 0 Å². The van der Waals surface area contributed by atoms with Crippen LogP contribution in [0.15, 0.2) is 24.3 Å². The number of hydrogen-bond acceptors (Lipinski definition) is 3. The van der Waals surface area contributed by atoms with E-state index < -0.39 is 16.6 Å². The maximum atomic E-state index is 13.3. The van der Waals surface area contributed by atoms with Crippen LogP contribution in [0.25, 0.3) is 0 Å². The van der Waals surface area contributed by atoms with E-state index >= 15 is 0 Å². The highest BCUT2D eigenvalue weighted by molar-refractivity contribution is 7.84. The Morgan fingerprint density at radius 3 is 2.80 bits per heavy atom. The predicted molar refractivity (Wildman–Crippen MR) is 76.8 cm³/mol. The fraction of sp³-hybridized carbons (Fsp3) is 0.462. The van der Waals surface area contributed by atoms with Gasteiger partial charge in [0, 0.05) is 29.4 Å². The number of carbonyl (C=O) groups excluding carboxylic acids is 1. The Labute approximate surface area is 120 Å². The van der Waals surface area contributed by atoms with Crippen molar-refractivity contribution in [2.45, 2.75) is 13.0 Å². The first-order valence-corrected chi connectivity index (χ1v) is 7.93. The van der Waals surface area contributed by atoms with Crippen molar-refractivity contribution in [1.82, 2.24) is 10.6 Å². The smallest absolute Gasteiger partial charge is 0.315 e. The molecule has 0 heterocycles. The molecule has 1 aromatic rings. The van der Waals surface area contributed by atoms with Crippen LogP contribution in [0, 0.1) is 5.82 Å². The molecule has 0 spiro atoms. The van der Waals surface area contributed by atoms with Gasteiger partial charge in [0.2, 0.25) is 0 Å². The SMILES string of the molecule is CC(COc1ccccc1F)NC(=O)NCCS(C)=O. The van der Waals surface area contributed by atoms with Crippen molar-refractivity contribution in [2.75, 3.05) is 25.2 Å². The number of rotatable bonds is 7. The van der Waals surface area contributed by atoms with Crippen molar-refractivity contribution in [3.8, 4) is 5.75 Å². The molecule has 0 aliphatic heterocycles. The predicted octanol–water partition coefficient (Wildman–Crippen LogP) is 1.27. The standard InChI is InChI=1S/C13H19FN2O3S/c1-10(16-13(17)15-7-8-20(2)18)9-19-12-6-4-3-5-11(12)14/h3-6,10H,7-9H2,1-2H3,(H2,15,16,17). The van der Waals surface area contributed by atoms with Crippen molar-refractivity contribution in [3.63, 3.8) is 0 Å². The molecule has 0 fully saturated rings. The summed E-state index contributed by atoms with van der Waals surface area (Å²) in [5.41, 5.74) is 0. The van der Waals surface area contributed by atoms with Gasteiger partial charge in [-0.2, -0.15) is 0 Å². The van der Waals surface area contributed by atoms with Crippen molar-refractivity contribution >= 4 is 16.8 Å². The van der Waals surface area contributed by atoms with Gasteiger partial charge < -0.3 is 15.4 Å². The minimum atomic E-state index is -0.935. The Bertz CT molecular complexity index is 471. The Balaban J connectivity index is 2.26. The summed E-state index contributed by atoms with van der Waals surface area (Å²) in [5, 5.41) is 5.23. The van der Waals surface area contributed by atoms with Crippen LogP contribution in [0.2, 0.25) is 0 Å². The Morgan fingerprint density at radius 2 is 2.15 bits per heavy atom. The molecule has 2 amide bonds. The zero-order valence-corrected chi connectivity index (χ0v) is 12.3. The zero-order valence-electron chi connectivity index (χ0n) is 11.5. The van der Waals surface area contributed by atoms with E-state index in [1.165, 1.54) is 12.1 Å². The highest BCUT2D eigenvalue weighted by Gasteiger charge is 2.09. The van der Waals surface area contributed by atoms with Crippen LogP contribution in [0.1, 0.15) is 6.92 Å². The largest absolute Gasteiger partial charge is 0.488 e. The third kappa shape index (κ3) is 6.51. The third-order valence-electron chi connectivity index (χ3n) is 2.38. The quantitative estimate of drug-likeness (QED) is 0.797. The molecule has 0 saturated heterocycles. The summed E-state index contributed by atoms with van der Waals surface area (Å²) >= 11 is 0. The molecule has 0 bridgehead atoms. The van der Waals surface area contributed by atoms with Gasteiger partial charge in [-0.3, -0.25) is 4.21 Å². The van der Waals surface area contributed by atoms with Crippen molar-refractivity contribution < 1.29 is 18.1 Å². The van der Waals surface area contributed by atoms with Gasteiger partial charge in [-0.15, -0.1) is 0 Å². The number of amides is 2. The average Bonchev–Trinajstić information content (AvgIpc) is 2.37. The summed E-state index contributed by atoms with van der Waals surface area (Å²) in [6, 6.07) is 5.45. The first-order valence-electron chi connectivity index (χ1n) is 6.20. The second-order valence-corrected chi connectivity index (χ2v) is 5.87. The van der Waals surface area contributed by atoms with E-state index in [0.717, 1.165) is 0 Å². The molecule has 0 aliphatic rings. The van der Waals surface area contributed by atoms with Crippen molar-refractivity contribution in [3.05, 3.63) is 30.1 Å². The minimum Gasteiger partial charge on any atom is -0.488 e. The van der Waals surface area contributed by atoms with E-state index in [1.54, 1.807) is 25.3 Å². The minimum absolute atomic E-state index is 0.155. The summed E-state index contributed by atoms with van der Waals surface area (Å²) in [7, 11) is -0.935. The lowest BCUT2D eigenvalue weighted by Gasteiger charge is -2.15. The third-order valence-corrected chi connectivity index (χ3v) is 3.16. The normalized spacial score (nSPS) is 13.3. The highest BCUT2D eigenvalue weighted by Crippen LogP contribution is 2.15. The van der Waals surface area contributed by atoms with E-state index in [-0.39, 0.29) is 24.4 Å². The monoisotopic (exact) mass is 302 g/mol. The van der Waals surface area contributed by atoms with Crippen molar-refractivity contribution in [1.29, 1.82) is 0 Å². The van der Waals surface area contributed by atoms with E-state index in [1.807, 2.05) is 0 Å². The van der Waals surface area contributed by atoms with Crippen LogP contribution < -0.4 is 15.4 Å². The van der Waals surface area contributed by atoms with Crippen LogP contribution in [0.3, 0.4) is 0 Å². The summed E-state index contributed by atoms with van der Waals surface area (Å²) < 4.78 is 29.4. The van der Waals surface area contributed by atoms with E-state index in [4.69, 9.17) is 4.74 Å². The lowest BCUT2D eigenvalue weighted by molar-refractivity contribution is 0.225. The Hall–Kier alpha value is -1.63. The van der Waals surface area contributed by atoms with Crippen LogP contribution >= 0.6 is 0 Å². The molecule has 1 aromatic carbocycles. The summed E-state index contributed by atoms with van der Waals surface area (Å²) in [6.45, 7) is 2.25. The van der Waals surface area contributed by atoms with E-state index in [0.29, 0.717) is 12.3 Å². The molecule has 0 saturated carbocycles. The molecule has 2 unspecified atom stereocenters. The molecule has 2 atom stereocenters. The molecule has 0 aliphatic carbocycles. The van der Waals surface area contributed by atoms with Crippen LogP contribution in [-0.4, -0.2) is 41.4 Å². The fourth-order valence-corrected chi connectivity index (χ4v) is 1.79. The summed E-state index contributed by atoms with van der Waals surface area (Å²) in [5.74, 6) is 0.130. The second-order valence-electron chi connectivity index (χ2n) is 4.32. The first-order chi connectivity index (χ1) is 9.49. The number of nitrogens with one attached hydrogen (secondary N) is 2. The van der Waals surface area contributed by atoms with Crippen molar-refractivity contribution in [2.24, 2.45) is 0 Å². The lowest BCUT2D eigenvalue weighted by atomic mass is 10.3. The van der Waals surface area contributed by atoms with Crippen LogP contribution in [-0.2, 0) is 10.8 Å². The molecule has 0 radical (unpaired) electrons. The summed E-state index contributed by atoms with van der Waals surface area (Å²) in [6.07, 6.45) is 1.57. The average molecular weight is 302 g/mol. The number of para-hydroxylation sites is 1. The molecular formula is C13H19FN2O3S. The van der Waals surface area contributed by atoms with Gasteiger partial charge >= 0.3 is 6.03 Å². The highest BCUT2D eigenvalue weighted by atomic mass is 32.2. The van der Waals surface area contributed by atoms with Gasteiger partial charge in [-0.1, -0.05) is 12.1 Å². The zero-order chi connectivity index (χ0) is 15.0. The molecule has 5 nitrogen and oxygen atoms in total. The number of carbonyl (C=O) groups is 1. The fourth-order valence-electron chi connectivity index (χ4n) is 1.40. The second kappa shape index (κ2) is 8.52. The van der Waals surface area contributed by atoms with Gasteiger partial charge in [-0.05, 0) is 19.1 Å². The molecule has 20 heavy (non-hydrogen) atoms. The number of hydrogen-bond donors (Lipinski definition) is 2. The van der Waals surface area contributed by atoms with Gasteiger partial charge in [-0.25, -0.2) is 9.18 Å². The molecule has 1 rings (SSSR count).